The summed E-state index contributed by atoms with van der Waals surface area (Å²) < 4.78 is 13.8. The van der Waals surface area contributed by atoms with Gasteiger partial charge >= 0.3 is 0 Å². The molecule has 0 radical (unpaired) electrons. The first kappa shape index (κ1) is 13.3. The summed E-state index contributed by atoms with van der Waals surface area (Å²) >= 11 is 0. The first-order valence-corrected chi connectivity index (χ1v) is 6.45. The number of para-hydroxylation sites is 1. The largest absolute Gasteiger partial charge is 0.396 e. The minimum Gasteiger partial charge on any atom is -0.396 e. The van der Waals surface area contributed by atoms with Crippen LogP contribution in [-0.2, 0) is 0 Å². The summed E-state index contributed by atoms with van der Waals surface area (Å²) in [7, 11) is 2.07. The first-order valence-electron chi connectivity index (χ1n) is 6.45. The van der Waals surface area contributed by atoms with Gasteiger partial charge in [-0.3, -0.25) is 4.90 Å². The normalized spacial score (nSPS) is 25.4. The highest BCUT2D eigenvalue weighted by molar-refractivity contribution is 5.48. The van der Waals surface area contributed by atoms with Gasteiger partial charge in [0, 0.05) is 31.8 Å². The van der Waals surface area contributed by atoms with Gasteiger partial charge in [0.05, 0.1) is 5.69 Å². The number of nitrogens with zero attached hydrogens (tertiary/aromatic N) is 2. The Hall–Kier alpha value is -1.13. The average Bonchev–Trinajstić information content (AvgIpc) is 2.35. The third-order valence-corrected chi connectivity index (χ3v) is 3.84. The van der Waals surface area contributed by atoms with Gasteiger partial charge in [0.25, 0.3) is 0 Å². The average molecular weight is 252 g/mol. The molecule has 1 aromatic rings. The van der Waals surface area contributed by atoms with Gasteiger partial charge in [0.1, 0.15) is 5.82 Å². The zero-order chi connectivity index (χ0) is 13.1. The van der Waals surface area contributed by atoms with E-state index >= 15 is 0 Å². The number of hydrogen-bond acceptors (Lipinski definition) is 3. The van der Waals surface area contributed by atoms with Gasteiger partial charge in [-0.2, -0.15) is 0 Å². The number of rotatable bonds is 3. The predicted octanol–water partition coefficient (Wildman–Crippen LogP) is 1.72. The zero-order valence-electron chi connectivity index (χ0n) is 11.0. The smallest absolute Gasteiger partial charge is 0.146 e. The fourth-order valence-corrected chi connectivity index (χ4v) is 2.61. The molecule has 1 aromatic carbocycles. The molecule has 0 amide bonds. The molecule has 0 spiro atoms. The van der Waals surface area contributed by atoms with Crippen LogP contribution in [0.25, 0.3) is 0 Å². The van der Waals surface area contributed by atoms with Crippen LogP contribution in [0.1, 0.15) is 13.3 Å². The lowest BCUT2D eigenvalue weighted by Crippen LogP contribution is -2.56. The molecule has 1 saturated heterocycles. The molecule has 0 aromatic heterocycles. The summed E-state index contributed by atoms with van der Waals surface area (Å²) in [6.45, 7) is 3.89. The molecule has 1 aliphatic heterocycles. The molecule has 4 heteroatoms. The molecular formula is C14H21FN2O. The number of aliphatic hydroxyl groups is 1. The van der Waals surface area contributed by atoms with Crippen LogP contribution in [0.3, 0.4) is 0 Å². The molecule has 18 heavy (non-hydrogen) atoms. The molecule has 0 saturated carbocycles. The van der Waals surface area contributed by atoms with Gasteiger partial charge in [-0.1, -0.05) is 12.1 Å². The Morgan fingerprint density at radius 1 is 1.33 bits per heavy atom. The number of anilines is 1. The van der Waals surface area contributed by atoms with Gasteiger partial charge in [-0.05, 0) is 32.5 Å². The lowest BCUT2D eigenvalue weighted by atomic mass is 10.0. The summed E-state index contributed by atoms with van der Waals surface area (Å²) in [5.74, 6) is -0.169. The topological polar surface area (TPSA) is 26.7 Å². The Morgan fingerprint density at radius 3 is 2.72 bits per heavy atom. The molecule has 2 unspecified atom stereocenters. The number of hydrogen-bond donors (Lipinski definition) is 1. The Morgan fingerprint density at radius 2 is 2.06 bits per heavy atom. The Labute approximate surface area is 108 Å². The summed E-state index contributed by atoms with van der Waals surface area (Å²) in [6, 6.07) is 7.53. The van der Waals surface area contributed by atoms with Gasteiger partial charge in [0.15, 0.2) is 0 Å². The van der Waals surface area contributed by atoms with Crippen molar-refractivity contribution in [1.82, 2.24) is 4.90 Å². The van der Waals surface area contributed by atoms with Gasteiger partial charge in [-0.25, -0.2) is 4.39 Å². The lowest BCUT2D eigenvalue weighted by Gasteiger charge is -2.44. The Kier molecular flexibility index (Phi) is 4.19. The summed E-state index contributed by atoms with van der Waals surface area (Å²) in [5, 5.41) is 9.11. The maximum atomic E-state index is 13.8. The highest BCUT2D eigenvalue weighted by Gasteiger charge is 2.29. The second-order valence-corrected chi connectivity index (χ2v) is 5.04. The second-order valence-electron chi connectivity index (χ2n) is 5.04. The second kappa shape index (κ2) is 5.67. The number of benzene rings is 1. The van der Waals surface area contributed by atoms with Crippen LogP contribution >= 0.6 is 0 Å². The van der Waals surface area contributed by atoms with Gasteiger partial charge in [-0.15, -0.1) is 0 Å². The molecule has 2 atom stereocenters. The SMILES string of the molecule is CC1CN(c2ccccc2F)CC(CCO)N1C. The van der Waals surface area contributed by atoms with Crippen molar-refractivity contribution in [2.75, 3.05) is 31.6 Å². The monoisotopic (exact) mass is 252 g/mol. The van der Waals surface area contributed by atoms with E-state index in [1.165, 1.54) is 6.07 Å². The first-order chi connectivity index (χ1) is 8.63. The number of aliphatic hydroxyl groups excluding tert-OH is 1. The van der Waals surface area contributed by atoms with Crippen LogP contribution in [0.5, 0.6) is 0 Å². The van der Waals surface area contributed by atoms with E-state index in [-0.39, 0.29) is 18.5 Å². The van der Waals surface area contributed by atoms with Crippen molar-refractivity contribution in [2.45, 2.75) is 25.4 Å². The van der Waals surface area contributed by atoms with Gasteiger partial charge < -0.3 is 10.0 Å². The molecule has 0 bridgehead atoms. The van der Waals surface area contributed by atoms with Gasteiger partial charge in [0.2, 0.25) is 0 Å². The van der Waals surface area contributed by atoms with E-state index in [2.05, 4.69) is 23.8 Å². The third kappa shape index (κ3) is 2.65. The van der Waals surface area contributed by atoms with Crippen molar-refractivity contribution >= 4 is 5.69 Å². The summed E-state index contributed by atoms with van der Waals surface area (Å²) in [4.78, 5) is 4.36. The maximum absolute atomic E-state index is 13.8. The predicted molar refractivity (Wildman–Crippen MR) is 71.3 cm³/mol. The summed E-state index contributed by atoms with van der Waals surface area (Å²) in [6.07, 6.45) is 0.728. The van der Waals surface area contributed by atoms with Crippen LogP contribution < -0.4 is 4.90 Å². The molecule has 100 valence electrons. The standard InChI is InChI=1S/C14H21FN2O/c1-11-9-17(10-12(7-8-18)16(11)2)14-6-4-3-5-13(14)15/h3-6,11-12,18H,7-10H2,1-2H3. The summed E-state index contributed by atoms with van der Waals surface area (Å²) in [5.41, 5.74) is 0.667. The molecule has 3 nitrogen and oxygen atoms in total. The zero-order valence-corrected chi connectivity index (χ0v) is 11.0. The quantitative estimate of drug-likeness (QED) is 0.887. The lowest BCUT2D eigenvalue weighted by molar-refractivity contribution is 0.128. The van der Waals surface area contributed by atoms with E-state index in [0.717, 1.165) is 19.5 Å². The van der Waals surface area contributed by atoms with Crippen molar-refractivity contribution in [1.29, 1.82) is 0 Å². The number of piperazine rings is 1. The van der Waals surface area contributed by atoms with E-state index in [4.69, 9.17) is 5.11 Å². The fraction of sp³-hybridized carbons (Fsp3) is 0.571. The highest BCUT2D eigenvalue weighted by Crippen LogP contribution is 2.24. The van der Waals surface area contributed by atoms with Crippen molar-refractivity contribution in [3.8, 4) is 0 Å². The molecule has 1 fully saturated rings. The van der Waals surface area contributed by atoms with Crippen LogP contribution in [0, 0.1) is 5.82 Å². The molecule has 1 N–H and O–H groups in total. The minimum absolute atomic E-state index is 0.169. The Balaban J connectivity index is 2.17. The van der Waals surface area contributed by atoms with E-state index in [9.17, 15) is 4.39 Å². The maximum Gasteiger partial charge on any atom is 0.146 e. The van der Waals surface area contributed by atoms with Crippen LogP contribution in [-0.4, -0.2) is 48.8 Å². The highest BCUT2D eigenvalue weighted by atomic mass is 19.1. The van der Waals surface area contributed by atoms with Crippen LogP contribution in [0.15, 0.2) is 24.3 Å². The van der Waals surface area contributed by atoms with Crippen molar-refractivity contribution in [3.05, 3.63) is 30.1 Å². The fourth-order valence-electron chi connectivity index (χ4n) is 2.61. The minimum atomic E-state index is -0.169. The van der Waals surface area contributed by atoms with E-state index in [1.54, 1.807) is 6.07 Å². The van der Waals surface area contributed by atoms with Crippen molar-refractivity contribution in [2.24, 2.45) is 0 Å². The third-order valence-electron chi connectivity index (χ3n) is 3.84. The van der Waals surface area contributed by atoms with Crippen LogP contribution in [0.4, 0.5) is 10.1 Å². The number of halogens is 1. The number of likely N-dealkylation sites (N-methyl/N-ethyl adjacent to an activating group) is 1. The van der Waals surface area contributed by atoms with E-state index < -0.39 is 0 Å². The van der Waals surface area contributed by atoms with Crippen LogP contribution in [0.2, 0.25) is 0 Å². The molecule has 2 rings (SSSR count). The van der Waals surface area contributed by atoms with E-state index in [1.807, 2.05) is 12.1 Å². The molecule has 1 aliphatic rings. The van der Waals surface area contributed by atoms with E-state index in [0.29, 0.717) is 11.7 Å². The Bertz CT molecular complexity index is 399. The van der Waals surface area contributed by atoms with Crippen molar-refractivity contribution in [3.63, 3.8) is 0 Å². The van der Waals surface area contributed by atoms with Crippen molar-refractivity contribution < 1.29 is 9.50 Å². The molecular weight excluding hydrogens is 231 g/mol. The molecule has 0 aliphatic carbocycles. The molecule has 1 heterocycles.